The van der Waals surface area contributed by atoms with E-state index in [9.17, 15) is 14.0 Å². The lowest BCUT2D eigenvalue weighted by atomic mass is 10.1. The topological polar surface area (TPSA) is 95.0 Å². The molecule has 33 heavy (non-hydrogen) atoms. The minimum absolute atomic E-state index is 0.0878. The lowest BCUT2D eigenvalue weighted by molar-refractivity contribution is -0.117. The zero-order valence-electron chi connectivity index (χ0n) is 18.6. The summed E-state index contributed by atoms with van der Waals surface area (Å²) in [7, 11) is 0. The average molecular weight is 450 g/mol. The molecule has 7 heteroatoms. The molecule has 3 N–H and O–H groups in total. The van der Waals surface area contributed by atoms with E-state index < -0.39 is 5.82 Å². The van der Waals surface area contributed by atoms with Crippen LogP contribution >= 0.6 is 0 Å². The zero-order valence-corrected chi connectivity index (χ0v) is 18.6. The van der Waals surface area contributed by atoms with Gasteiger partial charge in [0.2, 0.25) is 0 Å². The van der Waals surface area contributed by atoms with Crippen LogP contribution in [0.3, 0.4) is 0 Å². The van der Waals surface area contributed by atoms with Crippen LogP contribution in [-0.2, 0) is 11.2 Å². The average Bonchev–Trinajstić information content (AvgIpc) is 3.27. The number of nitrogens with one attached hydrogen (secondary N) is 3. The molecule has 0 saturated heterocycles. The van der Waals surface area contributed by atoms with E-state index in [-0.39, 0.29) is 18.1 Å². The molecule has 0 saturated carbocycles. The number of rotatable bonds is 13. The fourth-order valence-electron chi connectivity index (χ4n) is 2.88. The van der Waals surface area contributed by atoms with Crippen molar-refractivity contribution in [3.63, 3.8) is 0 Å². The van der Waals surface area contributed by atoms with Crippen molar-refractivity contribution >= 4 is 23.5 Å². The molecular weight excluding hydrogens is 421 g/mol. The molecule has 0 aliphatic rings. The van der Waals surface area contributed by atoms with E-state index in [4.69, 9.17) is 10.1 Å². The van der Waals surface area contributed by atoms with Crippen molar-refractivity contribution in [2.75, 3.05) is 6.54 Å². The van der Waals surface area contributed by atoms with Gasteiger partial charge in [0.15, 0.2) is 0 Å². The van der Waals surface area contributed by atoms with Gasteiger partial charge >= 0.3 is 0 Å². The minimum Gasteiger partial charge on any atom is -0.457 e. The van der Waals surface area contributed by atoms with E-state index >= 15 is 0 Å². The van der Waals surface area contributed by atoms with Gasteiger partial charge < -0.3 is 25.2 Å². The number of hydrogen-bond donors (Lipinski definition) is 3. The van der Waals surface area contributed by atoms with Gasteiger partial charge in [-0.25, -0.2) is 4.39 Å². The Morgan fingerprint density at radius 1 is 1.30 bits per heavy atom. The molecule has 0 unspecified atom stereocenters. The van der Waals surface area contributed by atoms with Crippen LogP contribution in [0.1, 0.15) is 41.4 Å². The highest BCUT2D eigenvalue weighted by molar-refractivity contribution is 5.95. The molecule has 0 aliphatic carbocycles. The van der Waals surface area contributed by atoms with Gasteiger partial charge in [-0.2, -0.15) is 0 Å². The van der Waals surface area contributed by atoms with E-state index in [1.165, 1.54) is 13.0 Å². The van der Waals surface area contributed by atoms with Crippen molar-refractivity contribution in [2.24, 2.45) is 0 Å². The lowest BCUT2D eigenvalue weighted by Gasteiger charge is -2.09. The third-order valence-corrected chi connectivity index (χ3v) is 4.58. The van der Waals surface area contributed by atoms with Crippen molar-refractivity contribution in [2.45, 2.75) is 26.2 Å². The largest absolute Gasteiger partial charge is 0.457 e. The molecule has 0 atom stereocenters. The SMILES string of the molecule is C=CC=CC(=CC(=C)c1cc(C(=O)NCCCC(C)=O)c[nH]1)Oc1ccc(CC=N)c(F)c1. The Bertz CT molecular complexity index is 1100. The molecule has 6 nitrogen and oxygen atoms in total. The summed E-state index contributed by atoms with van der Waals surface area (Å²) in [4.78, 5) is 26.3. The Hall–Kier alpha value is -4.00. The van der Waals surface area contributed by atoms with Crippen LogP contribution < -0.4 is 10.1 Å². The molecule has 1 heterocycles. The van der Waals surface area contributed by atoms with E-state index in [0.717, 1.165) is 6.21 Å². The smallest absolute Gasteiger partial charge is 0.252 e. The summed E-state index contributed by atoms with van der Waals surface area (Å²) in [6, 6.07) is 6.13. The molecule has 1 aromatic carbocycles. The van der Waals surface area contributed by atoms with Crippen LogP contribution in [0.4, 0.5) is 4.39 Å². The number of ketones is 1. The normalized spacial score (nSPS) is 11.3. The molecule has 1 aromatic heterocycles. The van der Waals surface area contributed by atoms with Crippen LogP contribution in [0.15, 0.2) is 73.7 Å². The van der Waals surface area contributed by atoms with Gasteiger partial charge in [0, 0.05) is 37.3 Å². The van der Waals surface area contributed by atoms with Gasteiger partial charge in [0.1, 0.15) is 23.1 Å². The predicted octanol–water partition coefficient (Wildman–Crippen LogP) is 5.16. The summed E-state index contributed by atoms with van der Waals surface area (Å²) in [5.41, 5.74) is 2.02. The van der Waals surface area contributed by atoms with Crippen LogP contribution in [0, 0.1) is 11.2 Å². The Labute approximate surface area is 193 Å². The van der Waals surface area contributed by atoms with E-state index in [2.05, 4.69) is 23.5 Å². The molecular formula is C26H28FN3O3. The van der Waals surface area contributed by atoms with Crippen molar-refractivity contribution in [1.82, 2.24) is 10.3 Å². The van der Waals surface area contributed by atoms with Crippen LogP contribution in [0.2, 0.25) is 0 Å². The second-order valence-electron chi connectivity index (χ2n) is 7.29. The maximum atomic E-state index is 14.2. The van der Waals surface area contributed by atoms with Crippen molar-refractivity contribution < 1.29 is 18.7 Å². The van der Waals surface area contributed by atoms with Gasteiger partial charge in [-0.05, 0) is 55.0 Å². The number of carbonyl (C=O) groups is 2. The van der Waals surface area contributed by atoms with Crippen molar-refractivity contribution in [3.05, 3.63) is 96.3 Å². The number of H-pyrrole nitrogens is 1. The Morgan fingerprint density at radius 3 is 2.76 bits per heavy atom. The van der Waals surface area contributed by atoms with E-state index in [1.807, 2.05) is 0 Å². The highest BCUT2D eigenvalue weighted by atomic mass is 19.1. The number of Topliss-reactive ketones (excluding diaryl/α,β-unsaturated/α-hetero) is 1. The fraction of sp³-hybridized carbons (Fsp3) is 0.192. The second-order valence-corrected chi connectivity index (χ2v) is 7.29. The molecule has 1 amide bonds. The number of ether oxygens (including phenoxy) is 1. The minimum atomic E-state index is -0.454. The summed E-state index contributed by atoms with van der Waals surface area (Å²) < 4.78 is 20.0. The highest BCUT2D eigenvalue weighted by Crippen LogP contribution is 2.22. The molecule has 0 bridgehead atoms. The van der Waals surface area contributed by atoms with Crippen LogP contribution in [0.25, 0.3) is 5.57 Å². The first-order chi connectivity index (χ1) is 15.8. The quantitative estimate of drug-likeness (QED) is 0.171. The molecule has 0 fully saturated rings. The lowest BCUT2D eigenvalue weighted by Crippen LogP contribution is -2.24. The Balaban J connectivity index is 2.12. The molecule has 172 valence electrons. The molecule has 0 spiro atoms. The molecule has 2 aromatic rings. The molecule has 0 radical (unpaired) electrons. The second kappa shape index (κ2) is 12.8. The van der Waals surface area contributed by atoms with Gasteiger partial charge in [0.25, 0.3) is 5.91 Å². The summed E-state index contributed by atoms with van der Waals surface area (Å²) in [6.45, 7) is 9.60. The Kier molecular flexibility index (Phi) is 9.77. The number of halogens is 1. The first kappa shape index (κ1) is 25.3. The van der Waals surface area contributed by atoms with Gasteiger partial charge in [-0.15, -0.1) is 0 Å². The standard InChI is InChI=1S/C26H28FN3O3/c1-4-5-8-22(33-23-10-9-20(11-12-28)24(27)16-23)14-18(2)25-15-21(17-30-25)26(32)29-13-6-7-19(3)31/h4-5,8-10,12,14-17,28,30H,1-2,6-7,11,13H2,3H3,(H,29,32). The van der Waals surface area contributed by atoms with Crippen LogP contribution in [0.5, 0.6) is 5.75 Å². The number of allylic oxidation sites excluding steroid dienone is 5. The first-order valence-corrected chi connectivity index (χ1v) is 10.5. The number of carbonyl (C=O) groups excluding carboxylic acids is 2. The number of aromatic nitrogens is 1. The number of amides is 1. The summed E-state index contributed by atoms with van der Waals surface area (Å²) >= 11 is 0. The van der Waals surface area contributed by atoms with Crippen LogP contribution in [-0.4, -0.2) is 29.4 Å². The third-order valence-electron chi connectivity index (χ3n) is 4.58. The molecule has 0 aliphatic heterocycles. The maximum Gasteiger partial charge on any atom is 0.252 e. The fourth-order valence-corrected chi connectivity index (χ4v) is 2.88. The summed E-state index contributed by atoms with van der Waals surface area (Å²) in [5, 5.41) is 9.90. The number of benzene rings is 1. The van der Waals surface area contributed by atoms with Gasteiger partial charge in [-0.3, -0.25) is 4.79 Å². The number of aromatic amines is 1. The Morgan fingerprint density at radius 2 is 2.09 bits per heavy atom. The maximum absolute atomic E-state index is 14.2. The summed E-state index contributed by atoms with van der Waals surface area (Å²) in [5.74, 6) is 0.0754. The summed E-state index contributed by atoms with van der Waals surface area (Å²) in [6.07, 6.45) is 10.5. The van der Waals surface area contributed by atoms with Gasteiger partial charge in [0.05, 0.1) is 5.56 Å². The van der Waals surface area contributed by atoms with E-state index in [1.54, 1.807) is 48.7 Å². The number of hydrogen-bond acceptors (Lipinski definition) is 4. The zero-order chi connectivity index (χ0) is 24.2. The van der Waals surface area contributed by atoms with Gasteiger partial charge in [-0.1, -0.05) is 31.4 Å². The van der Waals surface area contributed by atoms with Crippen molar-refractivity contribution in [3.8, 4) is 5.75 Å². The van der Waals surface area contributed by atoms with E-state index in [0.29, 0.717) is 53.3 Å². The first-order valence-electron chi connectivity index (χ1n) is 10.5. The third kappa shape index (κ3) is 8.22. The van der Waals surface area contributed by atoms with Crippen molar-refractivity contribution in [1.29, 1.82) is 5.41 Å². The monoisotopic (exact) mass is 449 g/mol. The predicted molar refractivity (Wildman–Crippen MR) is 129 cm³/mol. The molecule has 2 rings (SSSR count). The highest BCUT2D eigenvalue weighted by Gasteiger charge is 2.10.